The summed E-state index contributed by atoms with van der Waals surface area (Å²) in [5.41, 5.74) is -0.105. The van der Waals surface area contributed by atoms with Crippen LogP contribution in [-0.2, 0) is 4.79 Å². The Labute approximate surface area is 86.6 Å². The third kappa shape index (κ3) is 4.61. The molecule has 3 nitrogen and oxygen atoms in total. The quantitative estimate of drug-likeness (QED) is 0.705. The summed E-state index contributed by atoms with van der Waals surface area (Å²) in [6.45, 7) is 7.10. The standard InChI is InChI=1S/C11H22N2O/c1-11(2,3)13-10(14)8-9-6-4-5-7-12-9/h9,12H,4-8H2,1-3H3,(H,13,14). The fourth-order valence-electron chi connectivity index (χ4n) is 1.79. The minimum Gasteiger partial charge on any atom is -0.351 e. The van der Waals surface area contributed by atoms with E-state index in [-0.39, 0.29) is 11.4 Å². The van der Waals surface area contributed by atoms with Gasteiger partial charge in [-0.1, -0.05) is 6.42 Å². The Morgan fingerprint density at radius 1 is 1.43 bits per heavy atom. The van der Waals surface area contributed by atoms with Crippen molar-refractivity contribution in [2.45, 2.75) is 58.0 Å². The van der Waals surface area contributed by atoms with Crippen LogP contribution in [0.15, 0.2) is 0 Å². The molecule has 2 N–H and O–H groups in total. The van der Waals surface area contributed by atoms with Crippen LogP contribution >= 0.6 is 0 Å². The van der Waals surface area contributed by atoms with E-state index < -0.39 is 0 Å². The molecular weight excluding hydrogens is 176 g/mol. The van der Waals surface area contributed by atoms with Crippen molar-refractivity contribution in [2.24, 2.45) is 0 Å². The molecule has 0 bridgehead atoms. The molecule has 1 amide bonds. The average Bonchev–Trinajstić information content (AvgIpc) is 2.02. The number of hydrogen-bond donors (Lipinski definition) is 2. The maximum absolute atomic E-state index is 11.6. The summed E-state index contributed by atoms with van der Waals surface area (Å²) in [4.78, 5) is 11.6. The van der Waals surface area contributed by atoms with Gasteiger partial charge < -0.3 is 10.6 Å². The first kappa shape index (κ1) is 11.5. The van der Waals surface area contributed by atoms with Gasteiger partial charge in [-0.25, -0.2) is 0 Å². The topological polar surface area (TPSA) is 41.1 Å². The monoisotopic (exact) mass is 198 g/mol. The fourth-order valence-corrected chi connectivity index (χ4v) is 1.79. The van der Waals surface area contributed by atoms with Crippen molar-refractivity contribution in [3.63, 3.8) is 0 Å². The van der Waals surface area contributed by atoms with Gasteiger partial charge in [0.25, 0.3) is 0 Å². The van der Waals surface area contributed by atoms with Crippen LogP contribution in [0.5, 0.6) is 0 Å². The van der Waals surface area contributed by atoms with E-state index >= 15 is 0 Å². The Balaban J connectivity index is 2.25. The van der Waals surface area contributed by atoms with Crippen LogP contribution in [0.25, 0.3) is 0 Å². The van der Waals surface area contributed by atoms with E-state index in [1.165, 1.54) is 12.8 Å². The number of nitrogens with one attached hydrogen (secondary N) is 2. The molecule has 82 valence electrons. The molecule has 1 aliphatic heterocycles. The van der Waals surface area contributed by atoms with Crippen molar-refractivity contribution < 1.29 is 4.79 Å². The van der Waals surface area contributed by atoms with E-state index in [0.29, 0.717) is 12.5 Å². The SMILES string of the molecule is CC(C)(C)NC(=O)CC1CCCCN1. The lowest BCUT2D eigenvalue weighted by Crippen LogP contribution is -2.44. The first-order chi connectivity index (χ1) is 6.47. The molecule has 0 aromatic heterocycles. The molecule has 0 aromatic carbocycles. The van der Waals surface area contributed by atoms with E-state index in [1.54, 1.807) is 0 Å². The normalized spacial score (nSPS) is 23.2. The van der Waals surface area contributed by atoms with Gasteiger partial charge in [0.05, 0.1) is 0 Å². The third-order valence-corrected chi connectivity index (χ3v) is 2.36. The Hall–Kier alpha value is -0.570. The molecule has 1 atom stereocenters. The lowest BCUT2D eigenvalue weighted by atomic mass is 10.0. The summed E-state index contributed by atoms with van der Waals surface area (Å²) in [6.07, 6.45) is 4.26. The van der Waals surface area contributed by atoms with Gasteiger partial charge in [-0.05, 0) is 40.2 Å². The number of carbonyl (C=O) groups is 1. The minimum atomic E-state index is -0.105. The Morgan fingerprint density at radius 3 is 2.64 bits per heavy atom. The second-order valence-corrected chi connectivity index (χ2v) is 5.15. The van der Waals surface area contributed by atoms with Gasteiger partial charge in [0.15, 0.2) is 0 Å². The molecule has 0 saturated carbocycles. The summed E-state index contributed by atoms with van der Waals surface area (Å²) < 4.78 is 0. The van der Waals surface area contributed by atoms with E-state index in [1.807, 2.05) is 20.8 Å². The van der Waals surface area contributed by atoms with E-state index in [0.717, 1.165) is 13.0 Å². The summed E-state index contributed by atoms with van der Waals surface area (Å²) in [6, 6.07) is 0.395. The summed E-state index contributed by atoms with van der Waals surface area (Å²) in [5.74, 6) is 0.164. The molecular formula is C11H22N2O. The predicted molar refractivity (Wildman–Crippen MR) is 58.2 cm³/mol. The van der Waals surface area contributed by atoms with Crippen molar-refractivity contribution in [2.75, 3.05) is 6.54 Å². The molecule has 0 aromatic rings. The minimum absolute atomic E-state index is 0.105. The predicted octanol–water partition coefficient (Wildman–Crippen LogP) is 1.43. The molecule has 14 heavy (non-hydrogen) atoms. The molecule has 3 heteroatoms. The fraction of sp³-hybridized carbons (Fsp3) is 0.909. The number of rotatable bonds is 2. The van der Waals surface area contributed by atoms with Crippen molar-refractivity contribution in [3.05, 3.63) is 0 Å². The zero-order chi connectivity index (χ0) is 10.6. The molecule has 1 aliphatic rings. The van der Waals surface area contributed by atoms with Crippen LogP contribution in [-0.4, -0.2) is 24.0 Å². The van der Waals surface area contributed by atoms with Gasteiger partial charge in [0.1, 0.15) is 0 Å². The van der Waals surface area contributed by atoms with E-state index in [9.17, 15) is 4.79 Å². The van der Waals surface area contributed by atoms with Crippen LogP contribution in [0.1, 0.15) is 46.5 Å². The van der Waals surface area contributed by atoms with Crippen molar-refractivity contribution in [1.82, 2.24) is 10.6 Å². The highest BCUT2D eigenvalue weighted by atomic mass is 16.1. The van der Waals surface area contributed by atoms with Gasteiger partial charge in [-0.3, -0.25) is 4.79 Å². The van der Waals surface area contributed by atoms with Crippen LogP contribution in [0.3, 0.4) is 0 Å². The number of piperidine rings is 1. The molecule has 1 heterocycles. The maximum Gasteiger partial charge on any atom is 0.221 e. The van der Waals surface area contributed by atoms with Gasteiger partial charge in [-0.15, -0.1) is 0 Å². The van der Waals surface area contributed by atoms with Crippen LogP contribution in [0.2, 0.25) is 0 Å². The molecule has 0 radical (unpaired) electrons. The van der Waals surface area contributed by atoms with Crippen molar-refractivity contribution >= 4 is 5.91 Å². The molecule has 0 spiro atoms. The Bertz CT molecular complexity index is 190. The molecule has 1 saturated heterocycles. The summed E-state index contributed by atoms with van der Waals surface area (Å²) >= 11 is 0. The summed E-state index contributed by atoms with van der Waals surface area (Å²) in [7, 11) is 0. The largest absolute Gasteiger partial charge is 0.351 e. The second kappa shape index (κ2) is 4.78. The Kier molecular flexibility index (Phi) is 3.93. The zero-order valence-electron chi connectivity index (χ0n) is 9.52. The average molecular weight is 198 g/mol. The first-order valence-electron chi connectivity index (χ1n) is 5.52. The number of carbonyl (C=O) groups excluding carboxylic acids is 1. The third-order valence-electron chi connectivity index (χ3n) is 2.36. The lowest BCUT2D eigenvalue weighted by Gasteiger charge is -2.26. The van der Waals surface area contributed by atoms with Crippen LogP contribution in [0.4, 0.5) is 0 Å². The molecule has 1 rings (SSSR count). The second-order valence-electron chi connectivity index (χ2n) is 5.15. The number of hydrogen-bond acceptors (Lipinski definition) is 2. The van der Waals surface area contributed by atoms with Crippen molar-refractivity contribution in [3.8, 4) is 0 Å². The molecule has 1 fully saturated rings. The smallest absolute Gasteiger partial charge is 0.221 e. The zero-order valence-corrected chi connectivity index (χ0v) is 9.52. The highest BCUT2D eigenvalue weighted by Crippen LogP contribution is 2.10. The highest BCUT2D eigenvalue weighted by Gasteiger charge is 2.19. The van der Waals surface area contributed by atoms with Crippen LogP contribution < -0.4 is 10.6 Å². The van der Waals surface area contributed by atoms with E-state index in [4.69, 9.17) is 0 Å². The van der Waals surface area contributed by atoms with Gasteiger partial charge in [0, 0.05) is 18.0 Å². The van der Waals surface area contributed by atoms with Crippen LogP contribution in [0, 0.1) is 0 Å². The Morgan fingerprint density at radius 2 is 2.14 bits per heavy atom. The van der Waals surface area contributed by atoms with Gasteiger partial charge >= 0.3 is 0 Å². The molecule has 1 unspecified atom stereocenters. The first-order valence-corrected chi connectivity index (χ1v) is 5.52. The lowest BCUT2D eigenvalue weighted by molar-refractivity contribution is -0.123. The highest BCUT2D eigenvalue weighted by molar-refractivity contribution is 5.77. The van der Waals surface area contributed by atoms with E-state index in [2.05, 4.69) is 10.6 Å². The molecule has 0 aliphatic carbocycles. The number of amides is 1. The summed E-state index contributed by atoms with van der Waals surface area (Å²) in [5, 5.41) is 6.36. The van der Waals surface area contributed by atoms with Gasteiger partial charge in [0.2, 0.25) is 5.91 Å². The maximum atomic E-state index is 11.6. The van der Waals surface area contributed by atoms with Crippen molar-refractivity contribution in [1.29, 1.82) is 0 Å². The van der Waals surface area contributed by atoms with Gasteiger partial charge in [-0.2, -0.15) is 0 Å².